The molecular weight excluding hydrogens is 200 g/mol. The molecule has 1 saturated heterocycles. The van der Waals surface area contributed by atoms with Crippen LogP contribution in [0, 0.1) is 0 Å². The third-order valence-electron chi connectivity index (χ3n) is 2.39. The Hall–Kier alpha value is -1.30. The van der Waals surface area contributed by atoms with Crippen molar-refractivity contribution in [2.75, 3.05) is 26.8 Å². The Balaban J connectivity index is 2.47. The molecule has 1 unspecified atom stereocenters. The van der Waals surface area contributed by atoms with E-state index in [4.69, 9.17) is 9.84 Å². The maximum Gasteiger partial charge on any atom is 0.405 e. The highest BCUT2D eigenvalue weighted by Crippen LogP contribution is 2.11. The lowest BCUT2D eigenvalue weighted by Crippen LogP contribution is -2.52. The Bertz CT molecular complexity index is 244. The highest BCUT2D eigenvalue weighted by Gasteiger charge is 2.29. The van der Waals surface area contributed by atoms with Crippen LogP contribution in [0.25, 0.3) is 0 Å². The van der Waals surface area contributed by atoms with Gasteiger partial charge in [0.05, 0.1) is 6.61 Å². The summed E-state index contributed by atoms with van der Waals surface area (Å²) in [6.07, 6.45) is 0.247. The van der Waals surface area contributed by atoms with Crippen LogP contribution < -0.4 is 5.32 Å². The molecule has 1 heterocycles. The maximum atomic E-state index is 11.7. The Morgan fingerprint density at radius 3 is 3.07 bits per heavy atom. The number of carbonyl (C=O) groups excluding carboxylic acids is 1. The zero-order valence-corrected chi connectivity index (χ0v) is 8.73. The van der Waals surface area contributed by atoms with Crippen LogP contribution in [0.15, 0.2) is 0 Å². The molecule has 0 spiro atoms. The summed E-state index contributed by atoms with van der Waals surface area (Å²) >= 11 is 0. The molecule has 0 bridgehead atoms. The highest BCUT2D eigenvalue weighted by atomic mass is 16.5. The first-order valence-electron chi connectivity index (χ1n) is 4.92. The number of ether oxygens (including phenoxy) is 1. The average Bonchev–Trinajstić information content (AvgIpc) is 2.19. The molecule has 0 saturated carbocycles. The molecule has 86 valence electrons. The summed E-state index contributed by atoms with van der Waals surface area (Å²) in [5.41, 5.74) is 0. The molecule has 6 heteroatoms. The minimum Gasteiger partial charge on any atom is -0.465 e. The number of likely N-dealkylation sites (tertiary alicyclic amines) is 1. The first-order valence-corrected chi connectivity index (χ1v) is 4.92. The minimum absolute atomic E-state index is 0.152. The Labute approximate surface area is 88.2 Å². The van der Waals surface area contributed by atoms with Gasteiger partial charge in [-0.3, -0.25) is 4.79 Å². The lowest BCUT2D eigenvalue weighted by molar-refractivity contribution is -0.136. The molecule has 0 aromatic heterocycles. The van der Waals surface area contributed by atoms with Crippen LogP contribution in [0.2, 0.25) is 0 Å². The number of hydrogen-bond donors (Lipinski definition) is 2. The first kappa shape index (κ1) is 11.8. The van der Waals surface area contributed by atoms with Gasteiger partial charge in [-0.05, 0) is 12.8 Å². The van der Waals surface area contributed by atoms with Crippen molar-refractivity contribution in [2.24, 2.45) is 0 Å². The largest absolute Gasteiger partial charge is 0.465 e. The topological polar surface area (TPSA) is 78.9 Å². The fraction of sp³-hybridized carbons (Fsp3) is 0.778. The van der Waals surface area contributed by atoms with Gasteiger partial charge >= 0.3 is 6.09 Å². The van der Waals surface area contributed by atoms with Crippen LogP contribution in [0.1, 0.15) is 12.8 Å². The normalized spacial score (nSPS) is 21.5. The Kier molecular flexibility index (Phi) is 4.36. The zero-order chi connectivity index (χ0) is 11.3. The predicted molar refractivity (Wildman–Crippen MR) is 52.6 cm³/mol. The van der Waals surface area contributed by atoms with Gasteiger partial charge in [0, 0.05) is 20.2 Å². The van der Waals surface area contributed by atoms with Gasteiger partial charge in [0.25, 0.3) is 0 Å². The van der Waals surface area contributed by atoms with E-state index in [1.165, 1.54) is 0 Å². The van der Waals surface area contributed by atoms with Gasteiger partial charge in [0.15, 0.2) is 0 Å². The van der Waals surface area contributed by atoms with Crippen molar-refractivity contribution < 1.29 is 19.4 Å². The zero-order valence-electron chi connectivity index (χ0n) is 8.73. The van der Waals surface area contributed by atoms with Crippen molar-refractivity contribution in [3.8, 4) is 0 Å². The summed E-state index contributed by atoms with van der Waals surface area (Å²) in [6, 6.07) is -0.590. The lowest BCUT2D eigenvalue weighted by atomic mass is 10.1. The summed E-state index contributed by atoms with van der Waals surface area (Å²) < 4.78 is 4.88. The van der Waals surface area contributed by atoms with Gasteiger partial charge in [0.2, 0.25) is 5.91 Å². The second-order valence-electron chi connectivity index (χ2n) is 3.46. The van der Waals surface area contributed by atoms with E-state index in [-0.39, 0.29) is 5.91 Å². The lowest BCUT2D eigenvalue weighted by Gasteiger charge is -2.31. The van der Waals surface area contributed by atoms with E-state index < -0.39 is 12.1 Å². The number of rotatable bonds is 4. The van der Waals surface area contributed by atoms with Crippen LogP contribution in [0.3, 0.4) is 0 Å². The van der Waals surface area contributed by atoms with Gasteiger partial charge in [-0.15, -0.1) is 0 Å². The van der Waals surface area contributed by atoms with Gasteiger partial charge in [-0.2, -0.15) is 0 Å². The highest BCUT2D eigenvalue weighted by molar-refractivity contribution is 5.85. The molecule has 0 aliphatic carbocycles. The summed E-state index contributed by atoms with van der Waals surface area (Å²) in [4.78, 5) is 23.8. The molecule has 2 N–H and O–H groups in total. The summed E-state index contributed by atoms with van der Waals surface area (Å²) in [5, 5.41) is 10.8. The summed E-state index contributed by atoms with van der Waals surface area (Å²) in [6.45, 7) is 1.68. The summed E-state index contributed by atoms with van der Waals surface area (Å²) in [7, 11) is 1.57. The van der Waals surface area contributed by atoms with E-state index in [0.29, 0.717) is 26.1 Å². The van der Waals surface area contributed by atoms with Crippen molar-refractivity contribution in [1.29, 1.82) is 0 Å². The quantitative estimate of drug-likeness (QED) is 0.687. The fourth-order valence-corrected chi connectivity index (χ4v) is 1.65. The Morgan fingerprint density at radius 2 is 2.47 bits per heavy atom. The number of carbonyl (C=O) groups is 2. The van der Waals surface area contributed by atoms with Crippen LogP contribution in [-0.4, -0.2) is 54.9 Å². The Morgan fingerprint density at radius 1 is 1.73 bits per heavy atom. The van der Waals surface area contributed by atoms with Crippen LogP contribution in [0.4, 0.5) is 4.79 Å². The molecule has 1 aliphatic rings. The van der Waals surface area contributed by atoms with E-state index in [0.717, 1.165) is 6.42 Å². The second-order valence-corrected chi connectivity index (χ2v) is 3.46. The van der Waals surface area contributed by atoms with E-state index in [1.807, 2.05) is 0 Å². The minimum atomic E-state index is -1.15. The fourth-order valence-electron chi connectivity index (χ4n) is 1.65. The maximum absolute atomic E-state index is 11.7. The van der Waals surface area contributed by atoms with Crippen molar-refractivity contribution in [3.05, 3.63) is 0 Å². The van der Waals surface area contributed by atoms with Crippen LogP contribution in [-0.2, 0) is 9.53 Å². The van der Waals surface area contributed by atoms with Crippen molar-refractivity contribution >= 4 is 12.0 Å². The van der Waals surface area contributed by atoms with E-state index >= 15 is 0 Å². The summed E-state index contributed by atoms with van der Waals surface area (Å²) in [5.74, 6) is -0.152. The molecule has 15 heavy (non-hydrogen) atoms. The molecule has 1 aliphatic heterocycles. The van der Waals surface area contributed by atoms with Crippen molar-refractivity contribution in [1.82, 2.24) is 10.2 Å². The number of nitrogens with zero attached hydrogens (tertiary/aromatic N) is 1. The van der Waals surface area contributed by atoms with Gasteiger partial charge < -0.3 is 20.1 Å². The predicted octanol–water partition coefficient (Wildman–Crippen LogP) is -0.109. The molecular formula is C9H16N2O4. The number of piperidine rings is 1. The van der Waals surface area contributed by atoms with E-state index in [2.05, 4.69) is 5.32 Å². The van der Waals surface area contributed by atoms with Crippen LogP contribution in [0.5, 0.6) is 0 Å². The van der Waals surface area contributed by atoms with Crippen LogP contribution >= 0.6 is 0 Å². The molecule has 6 nitrogen and oxygen atoms in total. The number of carboxylic acid groups (broad SMARTS) is 1. The smallest absolute Gasteiger partial charge is 0.405 e. The third-order valence-corrected chi connectivity index (χ3v) is 2.39. The molecule has 0 radical (unpaired) electrons. The van der Waals surface area contributed by atoms with E-state index in [1.54, 1.807) is 12.0 Å². The SMILES string of the molecule is COCCN1CCCC(NC(=O)O)C1=O. The van der Waals surface area contributed by atoms with Crippen molar-refractivity contribution in [3.63, 3.8) is 0 Å². The molecule has 0 aromatic carbocycles. The molecule has 2 amide bonds. The molecule has 1 fully saturated rings. The third kappa shape index (κ3) is 3.39. The second kappa shape index (κ2) is 5.55. The van der Waals surface area contributed by atoms with Gasteiger partial charge in [-0.25, -0.2) is 4.79 Å². The number of nitrogens with one attached hydrogen (secondary N) is 1. The first-order chi connectivity index (χ1) is 7.15. The van der Waals surface area contributed by atoms with Gasteiger partial charge in [0.1, 0.15) is 6.04 Å². The monoisotopic (exact) mass is 216 g/mol. The van der Waals surface area contributed by atoms with Gasteiger partial charge in [-0.1, -0.05) is 0 Å². The number of methoxy groups -OCH3 is 1. The number of amides is 2. The molecule has 0 aromatic rings. The van der Waals surface area contributed by atoms with Crippen molar-refractivity contribution in [2.45, 2.75) is 18.9 Å². The molecule has 1 atom stereocenters. The van der Waals surface area contributed by atoms with E-state index in [9.17, 15) is 9.59 Å². The standard InChI is InChI=1S/C9H16N2O4/c1-15-6-5-11-4-2-3-7(8(11)12)10-9(13)14/h7,10H,2-6H2,1H3,(H,13,14). The average molecular weight is 216 g/mol. The number of hydrogen-bond acceptors (Lipinski definition) is 3. The molecule has 1 rings (SSSR count).